The minimum Gasteiger partial charge on any atom is -0.443 e. The molecule has 1 amide bonds. The van der Waals surface area contributed by atoms with E-state index in [1.165, 1.54) is 19.1 Å². The Hall–Kier alpha value is -3.77. The van der Waals surface area contributed by atoms with Crippen molar-refractivity contribution >= 4 is 26.9 Å². The highest BCUT2D eigenvalue weighted by molar-refractivity contribution is 7.89. The SMILES string of the molecule is C[C@H](NS(=O)(=O)c1cc2cc(F)ccc2o1)C(=O)NCc1cccc(-c2ccc(C(F)(F)F)nc2)c1. The van der Waals surface area contributed by atoms with Crippen molar-refractivity contribution in [3.63, 3.8) is 0 Å². The number of furan rings is 1. The highest BCUT2D eigenvalue weighted by Gasteiger charge is 2.32. The molecule has 12 heteroatoms. The van der Waals surface area contributed by atoms with Gasteiger partial charge >= 0.3 is 6.18 Å². The maximum absolute atomic E-state index is 13.4. The second kappa shape index (κ2) is 9.70. The number of hydrogen-bond acceptors (Lipinski definition) is 5. The molecule has 2 N–H and O–H groups in total. The first kappa shape index (κ1) is 25.3. The molecule has 0 unspecified atom stereocenters. The number of amides is 1. The lowest BCUT2D eigenvalue weighted by Gasteiger charge is -2.14. The Morgan fingerprint density at radius 3 is 2.53 bits per heavy atom. The third kappa shape index (κ3) is 5.71. The van der Waals surface area contributed by atoms with E-state index in [0.717, 1.165) is 30.5 Å². The second-order valence-corrected chi connectivity index (χ2v) is 9.58. The summed E-state index contributed by atoms with van der Waals surface area (Å²) in [6, 6.07) is 12.5. The standard InChI is InChI=1S/C24H19F4N3O4S/c1-14(31-36(33,34)22-11-18-10-19(25)6-7-20(18)35-22)23(32)30-12-15-3-2-4-16(9-15)17-5-8-21(29-13-17)24(26,27)28/h2-11,13-14,31H,12H2,1H3,(H,30,32)/t14-/m0/s1. The lowest BCUT2D eigenvalue weighted by atomic mass is 10.0. The smallest absolute Gasteiger partial charge is 0.433 e. The number of rotatable bonds is 7. The third-order valence-corrected chi connectivity index (χ3v) is 6.62. The highest BCUT2D eigenvalue weighted by Crippen LogP contribution is 2.29. The topological polar surface area (TPSA) is 101 Å². The van der Waals surface area contributed by atoms with E-state index in [2.05, 4.69) is 15.0 Å². The molecule has 2 aromatic carbocycles. The number of carbonyl (C=O) groups is 1. The summed E-state index contributed by atoms with van der Waals surface area (Å²) in [4.78, 5) is 15.9. The number of sulfonamides is 1. The first-order valence-corrected chi connectivity index (χ1v) is 12.0. The van der Waals surface area contributed by atoms with E-state index >= 15 is 0 Å². The Labute approximate surface area is 203 Å². The van der Waals surface area contributed by atoms with Gasteiger partial charge in [-0.25, -0.2) is 12.8 Å². The molecule has 0 aliphatic heterocycles. The van der Waals surface area contributed by atoms with Crippen LogP contribution in [0, 0.1) is 5.82 Å². The van der Waals surface area contributed by atoms with Crippen LogP contribution in [-0.2, 0) is 27.5 Å². The van der Waals surface area contributed by atoms with Gasteiger partial charge in [0.25, 0.3) is 10.0 Å². The zero-order chi connectivity index (χ0) is 26.1. The number of nitrogens with one attached hydrogen (secondary N) is 2. The van der Waals surface area contributed by atoms with Crippen LogP contribution in [-0.4, -0.2) is 25.4 Å². The lowest BCUT2D eigenvalue weighted by Crippen LogP contribution is -2.44. The predicted molar refractivity (Wildman–Crippen MR) is 122 cm³/mol. The maximum Gasteiger partial charge on any atom is 0.433 e. The zero-order valence-electron chi connectivity index (χ0n) is 18.6. The minimum atomic E-state index is -4.54. The summed E-state index contributed by atoms with van der Waals surface area (Å²) in [6.07, 6.45) is -3.42. The number of benzene rings is 2. The quantitative estimate of drug-likeness (QED) is 0.345. The Bertz CT molecular complexity index is 1520. The van der Waals surface area contributed by atoms with Crippen molar-refractivity contribution in [1.29, 1.82) is 0 Å². The van der Waals surface area contributed by atoms with E-state index < -0.39 is 44.8 Å². The molecule has 7 nitrogen and oxygen atoms in total. The van der Waals surface area contributed by atoms with E-state index in [-0.39, 0.29) is 17.5 Å². The monoisotopic (exact) mass is 521 g/mol. The Balaban J connectivity index is 1.39. The zero-order valence-corrected chi connectivity index (χ0v) is 19.5. The van der Waals surface area contributed by atoms with Gasteiger partial charge in [-0.2, -0.15) is 17.9 Å². The molecule has 4 aromatic rings. The molecule has 2 heterocycles. The van der Waals surface area contributed by atoms with Gasteiger partial charge in [-0.05, 0) is 48.4 Å². The largest absolute Gasteiger partial charge is 0.443 e. The van der Waals surface area contributed by atoms with Gasteiger partial charge in [0.1, 0.15) is 17.1 Å². The molecule has 0 fully saturated rings. The summed E-state index contributed by atoms with van der Waals surface area (Å²) in [6.45, 7) is 1.39. The van der Waals surface area contributed by atoms with Crippen LogP contribution in [0.4, 0.5) is 17.6 Å². The van der Waals surface area contributed by atoms with Crippen LogP contribution in [0.2, 0.25) is 0 Å². The highest BCUT2D eigenvalue weighted by atomic mass is 32.2. The van der Waals surface area contributed by atoms with Gasteiger partial charge in [0, 0.05) is 29.8 Å². The van der Waals surface area contributed by atoms with Crippen LogP contribution in [0.1, 0.15) is 18.2 Å². The molecule has 36 heavy (non-hydrogen) atoms. The van der Waals surface area contributed by atoms with E-state index in [4.69, 9.17) is 4.42 Å². The number of pyridine rings is 1. The summed E-state index contributed by atoms with van der Waals surface area (Å²) in [5.41, 5.74) is 0.870. The number of halogens is 4. The van der Waals surface area contributed by atoms with Crippen molar-refractivity contribution < 1.29 is 35.2 Å². The number of carbonyl (C=O) groups excluding carboxylic acids is 1. The van der Waals surface area contributed by atoms with Gasteiger partial charge in [-0.1, -0.05) is 24.3 Å². The molecule has 0 saturated heterocycles. The van der Waals surface area contributed by atoms with Crippen molar-refractivity contribution in [2.24, 2.45) is 0 Å². The van der Waals surface area contributed by atoms with Crippen LogP contribution >= 0.6 is 0 Å². The molecule has 0 spiro atoms. The molecule has 188 valence electrons. The molecule has 0 aliphatic carbocycles. The average Bonchev–Trinajstić information content (AvgIpc) is 3.26. The summed E-state index contributed by atoms with van der Waals surface area (Å²) >= 11 is 0. The summed E-state index contributed by atoms with van der Waals surface area (Å²) in [5.74, 6) is -1.17. The molecular weight excluding hydrogens is 502 g/mol. The van der Waals surface area contributed by atoms with Crippen molar-refractivity contribution in [3.8, 4) is 11.1 Å². The molecule has 0 bridgehead atoms. The normalized spacial score (nSPS) is 13.0. The van der Waals surface area contributed by atoms with Crippen molar-refractivity contribution in [2.45, 2.75) is 30.8 Å². The van der Waals surface area contributed by atoms with Gasteiger partial charge < -0.3 is 9.73 Å². The van der Waals surface area contributed by atoms with Crippen molar-refractivity contribution in [1.82, 2.24) is 15.0 Å². The molecule has 1 atom stereocenters. The average molecular weight is 521 g/mol. The Morgan fingerprint density at radius 2 is 1.83 bits per heavy atom. The minimum absolute atomic E-state index is 0.0384. The first-order valence-electron chi connectivity index (χ1n) is 10.5. The number of hydrogen-bond donors (Lipinski definition) is 2. The molecule has 2 aromatic heterocycles. The van der Waals surface area contributed by atoms with Gasteiger partial charge in [-0.15, -0.1) is 0 Å². The molecular formula is C24H19F4N3O4S. The van der Waals surface area contributed by atoms with E-state index in [1.807, 2.05) is 0 Å². The summed E-state index contributed by atoms with van der Waals surface area (Å²) in [7, 11) is -4.21. The molecule has 4 rings (SSSR count). The summed E-state index contributed by atoms with van der Waals surface area (Å²) < 4.78 is 84.2. The fraction of sp³-hybridized carbons (Fsp3) is 0.167. The fourth-order valence-corrected chi connectivity index (χ4v) is 4.57. The number of aromatic nitrogens is 1. The number of fused-ring (bicyclic) bond motifs is 1. The molecule has 0 aliphatic rings. The van der Waals surface area contributed by atoms with E-state index in [1.54, 1.807) is 24.3 Å². The van der Waals surface area contributed by atoms with Crippen molar-refractivity contribution in [3.05, 3.63) is 83.9 Å². The predicted octanol–water partition coefficient (Wildman–Crippen LogP) is 4.64. The van der Waals surface area contributed by atoms with Crippen LogP contribution in [0.15, 0.2) is 76.4 Å². The van der Waals surface area contributed by atoms with Gasteiger partial charge in [0.2, 0.25) is 11.0 Å². The number of alkyl halides is 3. The second-order valence-electron chi connectivity index (χ2n) is 7.94. The fourth-order valence-electron chi connectivity index (χ4n) is 3.40. The first-order chi connectivity index (χ1) is 16.9. The van der Waals surface area contributed by atoms with E-state index in [0.29, 0.717) is 16.7 Å². The van der Waals surface area contributed by atoms with Crippen LogP contribution < -0.4 is 10.0 Å². The van der Waals surface area contributed by atoms with E-state index in [9.17, 15) is 30.8 Å². The molecule has 0 saturated carbocycles. The Kier molecular flexibility index (Phi) is 6.83. The van der Waals surface area contributed by atoms with Crippen LogP contribution in [0.25, 0.3) is 22.1 Å². The Morgan fingerprint density at radius 1 is 1.06 bits per heavy atom. The molecule has 0 radical (unpaired) electrons. The van der Waals surface area contributed by atoms with Gasteiger partial charge in [-0.3, -0.25) is 9.78 Å². The maximum atomic E-state index is 13.4. The van der Waals surface area contributed by atoms with Gasteiger partial charge in [0.05, 0.1) is 6.04 Å². The summed E-state index contributed by atoms with van der Waals surface area (Å²) in [5, 5.41) is 2.41. The van der Waals surface area contributed by atoms with Crippen molar-refractivity contribution in [2.75, 3.05) is 0 Å². The van der Waals surface area contributed by atoms with Crippen LogP contribution in [0.5, 0.6) is 0 Å². The number of nitrogens with zero attached hydrogens (tertiary/aromatic N) is 1. The van der Waals surface area contributed by atoms with Crippen LogP contribution in [0.3, 0.4) is 0 Å². The van der Waals surface area contributed by atoms with Gasteiger partial charge in [0.15, 0.2) is 0 Å². The third-order valence-electron chi connectivity index (χ3n) is 5.23. The lowest BCUT2D eigenvalue weighted by molar-refractivity contribution is -0.141.